The van der Waals surface area contributed by atoms with Crippen molar-refractivity contribution in [3.05, 3.63) is 70.0 Å². The van der Waals surface area contributed by atoms with Gasteiger partial charge in [0, 0.05) is 20.1 Å². The second-order valence-electron chi connectivity index (χ2n) is 6.73. The number of hydrogen-bond acceptors (Lipinski definition) is 4. The molecule has 1 amide bonds. The summed E-state index contributed by atoms with van der Waals surface area (Å²) in [5.74, 6) is -0.000366. The molecule has 2 aromatic carbocycles. The van der Waals surface area contributed by atoms with E-state index in [4.69, 9.17) is 4.98 Å². The van der Waals surface area contributed by atoms with Gasteiger partial charge >= 0.3 is 0 Å². The van der Waals surface area contributed by atoms with E-state index in [0.29, 0.717) is 29.1 Å². The Bertz CT molecular complexity index is 1050. The number of likely N-dealkylation sites (N-methyl/N-ethyl adjacent to an activating group) is 1. The van der Waals surface area contributed by atoms with Crippen LogP contribution >= 0.6 is 11.8 Å². The van der Waals surface area contributed by atoms with Crippen molar-refractivity contribution in [2.75, 3.05) is 13.6 Å². The normalized spacial score (nSPS) is 12.1. The number of carbonyl (C=O) groups excluding carboxylic acids is 1. The SMILES string of the molecule is CCN(C)C(=O)C(Sc1nc2ccc(C)cc2c(=O)n1CC)c1ccccc1. The standard InChI is InChI=1S/C22H25N3O2S/c1-5-24(4)21(27)19(16-10-8-7-9-11-16)28-22-23-18-13-12-15(3)14-17(18)20(26)25(22)6-2/h7-14,19H,5-6H2,1-4H3. The summed E-state index contributed by atoms with van der Waals surface area (Å²) in [5, 5.41) is 0.716. The molecule has 5 nitrogen and oxygen atoms in total. The first-order valence-corrected chi connectivity index (χ1v) is 10.3. The molecule has 0 aliphatic rings. The predicted octanol–water partition coefficient (Wildman–Crippen LogP) is 4.04. The van der Waals surface area contributed by atoms with E-state index >= 15 is 0 Å². The quantitative estimate of drug-likeness (QED) is 0.467. The van der Waals surface area contributed by atoms with Crippen molar-refractivity contribution in [2.24, 2.45) is 0 Å². The number of hydrogen-bond donors (Lipinski definition) is 0. The lowest BCUT2D eigenvalue weighted by Gasteiger charge is -2.23. The summed E-state index contributed by atoms with van der Waals surface area (Å²) in [7, 11) is 1.79. The summed E-state index contributed by atoms with van der Waals surface area (Å²) < 4.78 is 1.65. The van der Waals surface area contributed by atoms with Crippen LogP contribution < -0.4 is 5.56 Å². The summed E-state index contributed by atoms with van der Waals surface area (Å²) in [6.45, 7) is 6.95. The zero-order valence-electron chi connectivity index (χ0n) is 16.7. The summed E-state index contributed by atoms with van der Waals surface area (Å²) in [4.78, 5) is 32.5. The van der Waals surface area contributed by atoms with Gasteiger partial charge in [0.15, 0.2) is 5.16 Å². The number of fused-ring (bicyclic) bond motifs is 1. The van der Waals surface area contributed by atoms with Gasteiger partial charge in [0.25, 0.3) is 5.56 Å². The molecule has 1 heterocycles. The zero-order chi connectivity index (χ0) is 20.3. The molecule has 0 saturated heterocycles. The number of aromatic nitrogens is 2. The number of aryl methyl sites for hydroxylation is 1. The summed E-state index contributed by atoms with van der Waals surface area (Å²) in [6.07, 6.45) is 0. The van der Waals surface area contributed by atoms with Crippen LogP contribution in [0.25, 0.3) is 10.9 Å². The molecule has 0 N–H and O–H groups in total. The van der Waals surface area contributed by atoms with E-state index in [-0.39, 0.29) is 11.5 Å². The molecule has 3 aromatic rings. The number of thioether (sulfide) groups is 1. The van der Waals surface area contributed by atoms with Crippen LogP contribution in [-0.2, 0) is 11.3 Å². The third kappa shape index (κ3) is 3.97. The number of rotatable bonds is 6. The van der Waals surface area contributed by atoms with Gasteiger partial charge in [0.2, 0.25) is 5.91 Å². The van der Waals surface area contributed by atoms with E-state index in [1.165, 1.54) is 11.8 Å². The molecular formula is C22H25N3O2S. The zero-order valence-corrected chi connectivity index (χ0v) is 17.5. The minimum absolute atomic E-state index is 0.000366. The minimum atomic E-state index is -0.459. The highest BCUT2D eigenvalue weighted by molar-refractivity contribution is 8.00. The highest BCUT2D eigenvalue weighted by Gasteiger charge is 2.27. The van der Waals surface area contributed by atoms with E-state index in [1.807, 2.05) is 69.3 Å². The smallest absolute Gasteiger partial charge is 0.262 e. The molecular weight excluding hydrogens is 370 g/mol. The van der Waals surface area contributed by atoms with Crippen molar-refractivity contribution >= 4 is 28.6 Å². The van der Waals surface area contributed by atoms with E-state index in [9.17, 15) is 9.59 Å². The van der Waals surface area contributed by atoms with Crippen molar-refractivity contribution in [1.82, 2.24) is 14.5 Å². The summed E-state index contributed by atoms with van der Waals surface area (Å²) in [5.41, 5.74) is 2.52. The van der Waals surface area contributed by atoms with Crippen LogP contribution in [0.5, 0.6) is 0 Å². The van der Waals surface area contributed by atoms with Gasteiger partial charge in [-0.05, 0) is 38.5 Å². The molecule has 1 aromatic heterocycles. The fourth-order valence-corrected chi connectivity index (χ4v) is 4.31. The van der Waals surface area contributed by atoms with Gasteiger partial charge in [-0.2, -0.15) is 0 Å². The maximum absolute atomic E-state index is 13.1. The van der Waals surface area contributed by atoms with E-state index in [1.54, 1.807) is 16.5 Å². The Morgan fingerprint density at radius 2 is 1.89 bits per heavy atom. The molecule has 1 unspecified atom stereocenters. The molecule has 1 atom stereocenters. The van der Waals surface area contributed by atoms with Gasteiger partial charge in [-0.25, -0.2) is 4.98 Å². The predicted molar refractivity (Wildman–Crippen MR) is 115 cm³/mol. The molecule has 3 rings (SSSR count). The van der Waals surface area contributed by atoms with Crippen LogP contribution in [0, 0.1) is 6.92 Å². The Morgan fingerprint density at radius 3 is 2.54 bits per heavy atom. The Labute approximate surface area is 169 Å². The van der Waals surface area contributed by atoms with Gasteiger partial charge < -0.3 is 4.90 Å². The lowest BCUT2D eigenvalue weighted by atomic mass is 10.1. The Kier molecular flexibility index (Phi) is 6.19. The van der Waals surface area contributed by atoms with Gasteiger partial charge in [0.05, 0.1) is 10.9 Å². The average Bonchev–Trinajstić information content (AvgIpc) is 2.72. The molecule has 0 bridgehead atoms. The highest BCUT2D eigenvalue weighted by Crippen LogP contribution is 2.35. The first-order valence-electron chi connectivity index (χ1n) is 9.44. The van der Waals surface area contributed by atoms with Crippen molar-refractivity contribution in [2.45, 2.75) is 37.7 Å². The van der Waals surface area contributed by atoms with Crippen LogP contribution in [0.3, 0.4) is 0 Å². The molecule has 0 radical (unpaired) electrons. The molecule has 0 saturated carbocycles. The van der Waals surface area contributed by atoms with E-state index < -0.39 is 5.25 Å². The number of benzene rings is 2. The van der Waals surface area contributed by atoms with Crippen molar-refractivity contribution in [3.63, 3.8) is 0 Å². The number of nitrogens with zero attached hydrogens (tertiary/aromatic N) is 3. The van der Waals surface area contributed by atoms with Crippen LogP contribution in [0.15, 0.2) is 58.5 Å². The summed E-state index contributed by atoms with van der Waals surface area (Å²) in [6, 6.07) is 15.3. The first-order chi connectivity index (χ1) is 13.5. The largest absolute Gasteiger partial charge is 0.345 e. The molecule has 0 spiro atoms. The highest BCUT2D eigenvalue weighted by atomic mass is 32.2. The van der Waals surface area contributed by atoms with Crippen LogP contribution in [0.4, 0.5) is 0 Å². The lowest BCUT2D eigenvalue weighted by molar-refractivity contribution is -0.129. The molecule has 0 aliphatic carbocycles. The fourth-order valence-electron chi connectivity index (χ4n) is 3.03. The number of amides is 1. The van der Waals surface area contributed by atoms with Gasteiger partial charge in [-0.15, -0.1) is 0 Å². The Balaban J connectivity index is 2.12. The lowest BCUT2D eigenvalue weighted by Crippen LogP contribution is -2.31. The summed E-state index contributed by atoms with van der Waals surface area (Å²) >= 11 is 1.34. The van der Waals surface area contributed by atoms with Gasteiger partial charge in [-0.3, -0.25) is 14.2 Å². The van der Waals surface area contributed by atoms with Crippen LogP contribution in [0.2, 0.25) is 0 Å². The average molecular weight is 396 g/mol. The maximum Gasteiger partial charge on any atom is 0.262 e. The van der Waals surface area contributed by atoms with Crippen LogP contribution in [0.1, 0.15) is 30.2 Å². The van der Waals surface area contributed by atoms with Crippen molar-refractivity contribution in [1.29, 1.82) is 0 Å². The van der Waals surface area contributed by atoms with Crippen LogP contribution in [-0.4, -0.2) is 34.0 Å². The fraction of sp³-hybridized carbons (Fsp3) is 0.318. The molecule has 0 fully saturated rings. The van der Waals surface area contributed by atoms with Gasteiger partial charge in [0.1, 0.15) is 5.25 Å². The third-order valence-electron chi connectivity index (χ3n) is 4.79. The molecule has 6 heteroatoms. The van der Waals surface area contributed by atoms with Crippen molar-refractivity contribution in [3.8, 4) is 0 Å². The van der Waals surface area contributed by atoms with Gasteiger partial charge in [-0.1, -0.05) is 53.7 Å². The van der Waals surface area contributed by atoms with E-state index in [2.05, 4.69) is 0 Å². The second-order valence-corrected chi connectivity index (χ2v) is 7.80. The maximum atomic E-state index is 13.1. The Morgan fingerprint density at radius 1 is 1.18 bits per heavy atom. The molecule has 146 valence electrons. The first kappa shape index (κ1) is 20.1. The molecule has 0 aliphatic heterocycles. The Hall–Kier alpha value is -2.60. The van der Waals surface area contributed by atoms with E-state index in [0.717, 1.165) is 11.1 Å². The third-order valence-corrected chi connectivity index (χ3v) is 6.02. The molecule has 28 heavy (non-hydrogen) atoms. The second kappa shape index (κ2) is 8.61. The monoisotopic (exact) mass is 395 g/mol. The minimum Gasteiger partial charge on any atom is -0.345 e. The number of carbonyl (C=O) groups is 1. The van der Waals surface area contributed by atoms with Crippen molar-refractivity contribution < 1.29 is 4.79 Å². The topological polar surface area (TPSA) is 55.2 Å².